The molecule has 0 heterocycles. The van der Waals surface area contributed by atoms with Gasteiger partial charge in [-0.3, -0.25) is 0 Å². The Morgan fingerprint density at radius 3 is 2.25 bits per heavy atom. The molecule has 16 heavy (non-hydrogen) atoms. The second-order valence-electron chi connectivity index (χ2n) is 3.48. The molecule has 0 amide bonds. The molecule has 0 fully saturated rings. The molecule has 1 rings (SSSR count). The molecule has 0 aromatic heterocycles. The van der Waals surface area contributed by atoms with Crippen LogP contribution in [0.4, 0.5) is 0 Å². The molecule has 90 valence electrons. The van der Waals surface area contributed by atoms with Crippen molar-refractivity contribution in [3.8, 4) is 11.5 Å². The molecule has 0 bridgehead atoms. The first-order valence-electron chi connectivity index (χ1n) is 5.44. The molecule has 1 atom stereocenters. The van der Waals surface area contributed by atoms with Gasteiger partial charge in [-0.05, 0) is 42.8 Å². The summed E-state index contributed by atoms with van der Waals surface area (Å²) in [6.07, 6.45) is 0. The average Bonchev–Trinajstić information content (AvgIpc) is 2.23. The van der Waals surface area contributed by atoms with Crippen LogP contribution in [0.3, 0.4) is 0 Å². The largest absolute Gasteiger partial charge is 0.493 e. The van der Waals surface area contributed by atoms with E-state index in [1.165, 1.54) is 0 Å². The quantitative estimate of drug-likeness (QED) is 0.904. The molecule has 1 aromatic rings. The van der Waals surface area contributed by atoms with Gasteiger partial charge in [0.2, 0.25) is 0 Å². The van der Waals surface area contributed by atoms with E-state index in [9.17, 15) is 0 Å². The molecule has 4 heteroatoms. The summed E-state index contributed by atoms with van der Waals surface area (Å²) in [5.74, 6) is 1.58. The molecular formula is C12H18BrNO2. The van der Waals surface area contributed by atoms with E-state index in [1.54, 1.807) is 0 Å². The molecule has 0 saturated carbocycles. The Hall–Kier alpha value is -0.740. The molecule has 2 N–H and O–H groups in total. The van der Waals surface area contributed by atoms with E-state index in [0.717, 1.165) is 21.5 Å². The normalized spacial score (nSPS) is 12.3. The minimum atomic E-state index is -0.0615. The van der Waals surface area contributed by atoms with Crippen LogP contribution in [0.15, 0.2) is 16.6 Å². The van der Waals surface area contributed by atoms with Gasteiger partial charge >= 0.3 is 0 Å². The Morgan fingerprint density at radius 2 is 1.75 bits per heavy atom. The van der Waals surface area contributed by atoms with E-state index in [0.29, 0.717) is 13.2 Å². The summed E-state index contributed by atoms with van der Waals surface area (Å²) in [6, 6.07) is 3.78. The summed E-state index contributed by atoms with van der Waals surface area (Å²) in [4.78, 5) is 0. The third-order valence-corrected chi connectivity index (χ3v) is 2.77. The van der Waals surface area contributed by atoms with Crippen LogP contribution >= 0.6 is 15.9 Å². The van der Waals surface area contributed by atoms with Gasteiger partial charge in [-0.2, -0.15) is 0 Å². The van der Waals surface area contributed by atoms with Crippen LogP contribution in [-0.2, 0) is 0 Å². The maximum Gasteiger partial charge on any atom is 0.137 e. The van der Waals surface area contributed by atoms with Crippen LogP contribution < -0.4 is 15.2 Å². The van der Waals surface area contributed by atoms with Gasteiger partial charge < -0.3 is 15.2 Å². The van der Waals surface area contributed by atoms with Crippen LogP contribution in [0.2, 0.25) is 0 Å². The lowest BCUT2D eigenvalue weighted by molar-refractivity contribution is 0.318. The first kappa shape index (κ1) is 13.3. The van der Waals surface area contributed by atoms with Crippen molar-refractivity contribution in [3.63, 3.8) is 0 Å². The first-order chi connectivity index (χ1) is 7.60. The third kappa shape index (κ3) is 3.12. The van der Waals surface area contributed by atoms with Gasteiger partial charge in [-0.1, -0.05) is 0 Å². The van der Waals surface area contributed by atoms with Crippen molar-refractivity contribution in [3.05, 3.63) is 22.2 Å². The monoisotopic (exact) mass is 287 g/mol. The molecule has 1 unspecified atom stereocenters. The van der Waals surface area contributed by atoms with Gasteiger partial charge in [0.1, 0.15) is 11.5 Å². The van der Waals surface area contributed by atoms with E-state index in [-0.39, 0.29) is 6.04 Å². The van der Waals surface area contributed by atoms with Gasteiger partial charge in [-0.15, -0.1) is 0 Å². The van der Waals surface area contributed by atoms with Gasteiger partial charge in [0.25, 0.3) is 0 Å². The fraction of sp³-hybridized carbons (Fsp3) is 0.500. The number of nitrogens with two attached hydrogens (primary N) is 1. The Balaban J connectivity index is 3.14. The lowest BCUT2D eigenvalue weighted by Gasteiger charge is -2.16. The molecule has 0 spiro atoms. The van der Waals surface area contributed by atoms with E-state index in [1.807, 2.05) is 32.9 Å². The van der Waals surface area contributed by atoms with Gasteiger partial charge in [-0.25, -0.2) is 0 Å². The van der Waals surface area contributed by atoms with Crippen LogP contribution in [0, 0.1) is 0 Å². The fourth-order valence-corrected chi connectivity index (χ4v) is 1.93. The van der Waals surface area contributed by atoms with Gasteiger partial charge in [0.15, 0.2) is 0 Å². The summed E-state index contributed by atoms with van der Waals surface area (Å²) in [7, 11) is 0. The molecular weight excluding hydrogens is 270 g/mol. The third-order valence-electron chi connectivity index (χ3n) is 2.15. The van der Waals surface area contributed by atoms with Crippen molar-refractivity contribution in [2.45, 2.75) is 26.8 Å². The average molecular weight is 288 g/mol. The predicted octanol–water partition coefficient (Wildman–Crippen LogP) is 3.27. The highest BCUT2D eigenvalue weighted by molar-refractivity contribution is 9.10. The molecule has 3 nitrogen and oxygen atoms in total. The van der Waals surface area contributed by atoms with E-state index >= 15 is 0 Å². The smallest absolute Gasteiger partial charge is 0.137 e. The maximum atomic E-state index is 5.90. The van der Waals surface area contributed by atoms with Gasteiger partial charge in [0, 0.05) is 17.7 Å². The zero-order valence-electron chi connectivity index (χ0n) is 9.92. The topological polar surface area (TPSA) is 44.5 Å². The summed E-state index contributed by atoms with van der Waals surface area (Å²) >= 11 is 3.47. The predicted molar refractivity (Wildman–Crippen MR) is 69.1 cm³/mol. The Labute approximate surface area is 105 Å². The Kier molecular flexibility index (Phi) is 5.09. The highest BCUT2D eigenvalue weighted by Crippen LogP contribution is 2.35. The van der Waals surface area contributed by atoms with Crippen molar-refractivity contribution >= 4 is 15.9 Å². The van der Waals surface area contributed by atoms with Crippen LogP contribution in [0.1, 0.15) is 32.4 Å². The maximum absolute atomic E-state index is 5.90. The summed E-state index contributed by atoms with van der Waals surface area (Å²) in [5, 5.41) is 0. The number of rotatable bonds is 5. The molecule has 0 aliphatic rings. The fourth-order valence-electron chi connectivity index (χ4n) is 1.45. The molecule has 1 aromatic carbocycles. The highest BCUT2D eigenvalue weighted by atomic mass is 79.9. The SMILES string of the molecule is CCOc1cc(OCC)c(C(C)N)cc1Br. The van der Waals surface area contributed by atoms with Gasteiger partial charge in [0.05, 0.1) is 17.7 Å². The van der Waals surface area contributed by atoms with E-state index < -0.39 is 0 Å². The zero-order valence-corrected chi connectivity index (χ0v) is 11.5. The Bertz CT molecular complexity index is 353. The summed E-state index contributed by atoms with van der Waals surface area (Å²) < 4.78 is 12.0. The first-order valence-corrected chi connectivity index (χ1v) is 6.24. The standard InChI is InChI=1S/C12H18BrNO2/c1-4-15-11-7-12(16-5-2)10(13)6-9(11)8(3)14/h6-8H,4-5,14H2,1-3H3. The second-order valence-corrected chi connectivity index (χ2v) is 4.33. The van der Waals surface area contributed by atoms with Crippen molar-refractivity contribution in [2.24, 2.45) is 5.73 Å². The molecule has 0 saturated heterocycles. The molecule has 0 aliphatic carbocycles. The number of hydrogen-bond donors (Lipinski definition) is 1. The minimum absolute atomic E-state index is 0.0615. The lowest BCUT2D eigenvalue weighted by Crippen LogP contribution is -2.08. The summed E-state index contributed by atoms with van der Waals surface area (Å²) in [6.45, 7) is 7.08. The number of benzene rings is 1. The Morgan fingerprint density at radius 1 is 1.19 bits per heavy atom. The molecule has 0 radical (unpaired) electrons. The number of hydrogen-bond acceptors (Lipinski definition) is 3. The highest BCUT2D eigenvalue weighted by Gasteiger charge is 2.13. The van der Waals surface area contributed by atoms with E-state index in [4.69, 9.17) is 15.2 Å². The van der Waals surface area contributed by atoms with Crippen LogP contribution in [0.5, 0.6) is 11.5 Å². The van der Waals surface area contributed by atoms with Crippen molar-refractivity contribution in [2.75, 3.05) is 13.2 Å². The zero-order chi connectivity index (χ0) is 12.1. The molecule has 0 aliphatic heterocycles. The number of halogens is 1. The van der Waals surface area contributed by atoms with Crippen LogP contribution in [0.25, 0.3) is 0 Å². The summed E-state index contributed by atoms with van der Waals surface area (Å²) in [5.41, 5.74) is 6.88. The second kappa shape index (κ2) is 6.11. The lowest BCUT2D eigenvalue weighted by atomic mass is 10.1. The minimum Gasteiger partial charge on any atom is -0.493 e. The van der Waals surface area contributed by atoms with Crippen molar-refractivity contribution in [1.82, 2.24) is 0 Å². The van der Waals surface area contributed by atoms with Crippen molar-refractivity contribution < 1.29 is 9.47 Å². The van der Waals surface area contributed by atoms with E-state index in [2.05, 4.69) is 15.9 Å². The van der Waals surface area contributed by atoms with Crippen LogP contribution in [-0.4, -0.2) is 13.2 Å². The number of ether oxygens (including phenoxy) is 2. The van der Waals surface area contributed by atoms with Crippen molar-refractivity contribution in [1.29, 1.82) is 0 Å².